The third kappa shape index (κ3) is 3.90. The summed E-state index contributed by atoms with van der Waals surface area (Å²) in [6, 6.07) is 9.97. The van der Waals surface area contributed by atoms with Crippen LogP contribution in [0.25, 0.3) is 0 Å². The van der Waals surface area contributed by atoms with Crippen molar-refractivity contribution in [1.82, 2.24) is 9.55 Å². The first kappa shape index (κ1) is 18.2. The minimum Gasteiger partial charge on any atom is -0.373 e. The van der Waals surface area contributed by atoms with E-state index in [0.29, 0.717) is 25.2 Å². The number of rotatable bonds is 4. The summed E-state index contributed by atoms with van der Waals surface area (Å²) in [5.74, 6) is 0. The fourth-order valence-corrected chi connectivity index (χ4v) is 3.78. The number of aryl methyl sites for hydroxylation is 1. The monoisotopic (exact) mass is 372 g/mol. The second-order valence-electron chi connectivity index (χ2n) is 7.16. The van der Waals surface area contributed by atoms with Crippen LogP contribution in [0.4, 0.5) is 0 Å². The van der Waals surface area contributed by atoms with Gasteiger partial charge in [-0.2, -0.15) is 0 Å². The van der Waals surface area contributed by atoms with Gasteiger partial charge in [-0.15, -0.1) is 0 Å². The lowest BCUT2D eigenvalue weighted by Gasteiger charge is -2.44. The molecule has 0 saturated carbocycles. The Kier molecular flexibility index (Phi) is 5.24. The molecule has 0 aliphatic carbocycles. The van der Waals surface area contributed by atoms with Crippen molar-refractivity contribution in [2.75, 3.05) is 6.61 Å². The van der Waals surface area contributed by atoms with E-state index in [9.17, 15) is 9.59 Å². The maximum absolute atomic E-state index is 12.3. The van der Waals surface area contributed by atoms with E-state index in [1.165, 1.54) is 4.57 Å². The van der Waals surface area contributed by atoms with Crippen LogP contribution in [0, 0.1) is 6.92 Å². The number of aromatic nitrogens is 2. The van der Waals surface area contributed by atoms with Crippen molar-refractivity contribution in [3.05, 3.63) is 68.5 Å². The van der Waals surface area contributed by atoms with Gasteiger partial charge < -0.3 is 14.2 Å². The molecule has 1 aromatic heterocycles. The van der Waals surface area contributed by atoms with Crippen molar-refractivity contribution in [2.24, 2.45) is 0 Å². The lowest BCUT2D eigenvalue weighted by atomic mass is 9.94. The molecule has 1 N–H and O–H groups in total. The minimum absolute atomic E-state index is 0.127. The third-order valence-electron chi connectivity index (χ3n) is 5.20. The molecule has 2 saturated heterocycles. The van der Waals surface area contributed by atoms with Gasteiger partial charge in [-0.1, -0.05) is 30.3 Å². The minimum atomic E-state index is -0.489. The molecule has 144 valence electrons. The van der Waals surface area contributed by atoms with Gasteiger partial charge in [0.15, 0.2) is 0 Å². The molecule has 7 heteroatoms. The zero-order chi connectivity index (χ0) is 18.8. The van der Waals surface area contributed by atoms with Crippen molar-refractivity contribution < 1.29 is 14.2 Å². The maximum atomic E-state index is 12.3. The standard InChI is InChI=1S/C20H24N2O5/c1-13-11-22(20(24)21-19(13)23)17-10-16(18-15(27-17)8-5-9-25-18)26-12-14-6-3-2-4-7-14/h2-4,6-7,11,15-18H,5,8-10,12H2,1H3,(H,21,23,24)/t15-,16+,17-,18-/m1/s1. The zero-order valence-electron chi connectivity index (χ0n) is 15.3. The van der Waals surface area contributed by atoms with Crippen LogP contribution in [0.2, 0.25) is 0 Å². The average molecular weight is 372 g/mol. The highest BCUT2D eigenvalue weighted by Crippen LogP contribution is 2.35. The van der Waals surface area contributed by atoms with Crippen LogP contribution in [0.3, 0.4) is 0 Å². The van der Waals surface area contributed by atoms with E-state index in [1.807, 2.05) is 30.3 Å². The van der Waals surface area contributed by atoms with Gasteiger partial charge in [-0.25, -0.2) is 4.79 Å². The van der Waals surface area contributed by atoms with Gasteiger partial charge in [0.05, 0.1) is 18.8 Å². The van der Waals surface area contributed by atoms with E-state index >= 15 is 0 Å². The molecule has 2 aromatic rings. The predicted molar refractivity (Wildman–Crippen MR) is 98.6 cm³/mol. The fourth-order valence-electron chi connectivity index (χ4n) is 3.78. The number of nitrogens with one attached hydrogen (secondary N) is 1. The Balaban J connectivity index is 1.57. The highest BCUT2D eigenvalue weighted by Gasteiger charge is 2.42. The van der Waals surface area contributed by atoms with Crippen LogP contribution in [0.15, 0.2) is 46.1 Å². The molecule has 4 atom stereocenters. The number of benzene rings is 1. The van der Waals surface area contributed by atoms with E-state index in [1.54, 1.807) is 13.1 Å². The summed E-state index contributed by atoms with van der Waals surface area (Å²) in [5.41, 5.74) is 0.724. The summed E-state index contributed by atoms with van der Waals surface area (Å²) in [6.45, 7) is 2.84. The number of fused-ring (bicyclic) bond motifs is 1. The van der Waals surface area contributed by atoms with Crippen LogP contribution >= 0.6 is 0 Å². The molecule has 0 spiro atoms. The average Bonchev–Trinajstić information content (AvgIpc) is 2.69. The van der Waals surface area contributed by atoms with Gasteiger partial charge in [-0.3, -0.25) is 14.3 Å². The Labute approximate surface area is 156 Å². The van der Waals surface area contributed by atoms with Gasteiger partial charge in [0.25, 0.3) is 5.56 Å². The van der Waals surface area contributed by atoms with Gasteiger partial charge in [0, 0.05) is 24.8 Å². The van der Waals surface area contributed by atoms with Gasteiger partial charge >= 0.3 is 5.69 Å². The molecular weight excluding hydrogens is 348 g/mol. The van der Waals surface area contributed by atoms with Crippen molar-refractivity contribution >= 4 is 0 Å². The van der Waals surface area contributed by atoms with E-state index < -0.39 is 11.9 Å². The predicted octanol–water partition coefficient (Wildman–Crippen LogP) is 1.90. The lowest BCUT2D eigenvalue weighted by molar-refractivity contribution is -0.238. The molecule has 1 aromatic carbocycles. The van der Waals surface area contributed by atoms with E-state index in [4.69, 9.17) is 14.2 Å². The van der Waals surface area contributed by atoms with Crippen LogP contribution in [0.5, 0.6) is 0 Å². The Morgan fingerprint density at radius 3 is 2.89 bits per heavy atom. The zero-order valence-corrected chi connectivity index (χ0v) is 15.3. The molecule has 3 heterocycles. The van der Waals surface area contributed by atoms with Crippen LogP contribution < -0.4 is 11.2 Å². The summed E-state index contributed by atoms with van der Waals surface area (Å²) >= 11 is 0. The second kappa shape index (κ2) is 7.80. The molecule has 2 fully saturated rings. The molecule has 0 amide bonds. The van der Waals surface area contributed by atoms with Gasteiger partial charge in [-0.05, 0) is 25.3 Å². The molecule has 0 bridgehead atoms. The van der Waals surface area contributed by atoms with Crippen molar-refractivity contribution in [1.29, 1.82) is 0 Å². The quantitative estimate of drug-likeness (QED) is 0.886. The SMILES string of the molecule is Cc1cn([C@H]2C[C@H](OCc3ccccc3)[C@@H]3OCCC[C@H]3O2)c(=O)[nH]c1=O. The molecule has 7 nitrogen and oxygen atoms in total. The summed E-state index contributed by atoms with van der Waals surface area (Å²) < 4.78 is 19.8. The van der Waals surface area contributed by atoms with Crippen LogP contribution in [-0.2, 0) is 20.8 Å². The highest BCUT2D eigenvalue weighted by atomic mass is 16.6. The molecule has 0 unspecified atom stereocenters. The molecule has 0 radical (unpaired) electrons. The van der Waals surface area contributed by atoms with E-state index in [2.05, 4.69) is 4.98 Å². The second-order valence-corrected chi connectivity index (χ2v) is 7.16. The first-order chi connectivity index (χ1) is 13.1. The largest absolute Gasteiger partial charge is 0.373 e. The summed E-state index contributed by atoms with van der Waals surface area (Å²) in [7, 11) is 0. The normalized spacial score (nSPS) is 27.9. The number of H-pyrrole nitrogens is 1. The van der Waals surface area contributed by atoms with Crippen LogP contribution in [-0.4, -0.2) is 34.5 Å². The number of hydrogen-bond acceptors (Lipinski definition) is 5. The Morgan fingerprint density at radius 1 is 1.26 bits per heavy atom. The Bertz CT molecular complexity index is 891. The molecule has 4 rings (SSSR count). The number of hydrogen-bond donors (Lipinski definition) is 1. The topological polar surface area (TPSA) is 82.6 Å². The lowest BCUT2D eigenvalue weighted by Crippen LogP contribution is -2.52. The maximum Gasteiger partial charge on any atom is 0.330 e. The first-order valence-corrected chi connectivity index (χ1v) is 9.36. The van der Waals surface area contributed by atoms with Crippen molar-refractivity contribution in [3.8, 4) is 0 Å². The van der Waals surface area contributed by atoms with Crippen LogP contribution in [0.1, 0.15) is 36.6 Å². The van der Waals surface area contributed by atoms with E-state index in [-0.39, 0.29) is 23.9 Å². The number of nitrogens with zero attached hydrogens (tertiary/aromatic N) is 1. The summed E-state index contributed by atoms with van der Waals surface area (Å²) in [4.78, 5) is 26.3. The van der Waals surface area contributed by atoms with Gasteiger partial charge in [0.2, 0.25) is 0 Å². The summed E-state index contributed by atoms with van der Waals surface area (Å²) in [5, 5.41) is 0. The van der Waals surface area contributed by atoms with Crippen molar-refractivity contribution in [3.63, 3.8) is 0 Å². The molecule has 27 heavy (non-hydrogen) atoms. The Morgan fingerprint density at radius 2 is 2.07 bits per heavy atom. The van der Waals surface area contributed by atoms with Crippen molar-refractivity contribution in [2.45, 2.75) is 57.3 Å². The third-order valence-corrected chi connectivity index (χ3v) is 5.20. The number of aromatic amines is 1. The molecule has 2 aliphatic heterocycles. The smallest absolute Gasteiger partial charge is 0.330 e. The highest BCUT2D eigenvalue weighted by molar-refractivity contribution is 5.13. The van der Waals surface area contributed by atoms with E-state index in [0.717, 1.165) is 18.4 Å². The fraction of sp³-hybridized carbons (Fsp3) is 0.500. The summed E-state index contributed by atoms with van der Waals surface area (Å²) in [6.07, 6.45) is 2.88. The molecular formula is C20H24N2O5. The Hall–Kier alpha value is -2.22. The number of ether oxygens (including phenoxy) is 3. The molecule has 2 aliphatic rings. The first-order valence-electron chi connectivity index (χ1n) is 9.36. The van der Waals surface area contributed by atoms with Gasteiger partial charge in [0.1, 0.15) is 12.3 Å².